The second kappa shape index (κ2) is 13.0. The number of nitrogens with zero attached hydrogens (tertiary/aromatic N) is 1. The molecule has 0 aliphatic carbocycles. The molecule has 0 aliphatic heterocycles. The number of carboxylic acid groups (broad SMARTS) is 2. The highest BCUT2D eigenvalue weighted by molar-refractivity contribution is 5.92. The molecule has 3 amide bonds. The van der Waals surface area contributed by atoms with Gasteiger partial charge in [-0.05, 0) is 12.3 Å². The lowest BCUT2D eigenvalue weighted by molar-refractivity contribution is -0.144. The maximum absolute atomic E-state index is 12.6. The number of aromatic amines is 1. The number of carbonyl (C=O) groups excluding carboxylic acids is 3. The number of nitrogens with one attached hydrogen (secondary N) is 4. The molecule has 0 fully saturated rings. The number of aliphatic carboxylic acids is 2. The molecule has 0 spiro atoms. The van der Waals surface area contributed by atoms with E-state index in [4.69, 9.17) is 10.8 Å². The summed E-state index contributed by atoms with van der Waals surface area (Å²) in [5.74, 6) is -5.00. The third kappa shape index (κ3) is 9.12. The van der Waals surface area contributed by atoms with Crippen LogP contribution in [0, 0.1) is 5.92 Å². The zero-order chi connectivity index (χ0) is 24.3. The molecule has 0 aromatic carbocycles. The summed E-state index contributed by atoms with van der Waals surface area (Å²) in [6.45, 7) is 2.90. The van der Waals surface area contributed by atoms with Crippen molar-refractivity contribution in [1.29, 1.82) is 0 Å². The molecule has 0 radical (unpaired) electrons. The predicted molar refractivity (Wildman–Crippen MR) is 111 cm³/mol. The Hall–Kier alpha value is -3.48. The van der Waals surface area contributed by atoms with Gasteiger partial charge in [0.1, 0.15) is 12.1 Å². The van der Waals surface area contributed by atoms with Gasteiger partial charge in [0, 0.05) is 24.7 Å². The molecule has 4 atom stereocenters. The summed E-state index contributed by atoms with van der Waals surface area (Å²) in [4.78, 5) is 65.8. The van der Waals surface area contributed by atoms with E-state index < -0.39 is 60.8 Å². The molecule has 1 aromatic rings. The summed E-state index contributed by atoms with van der Waals surface area (Å²) in [6.07, 6.45) is 2.91. The fourth-order valence-electron chi connectivity index (χ4n) is 2.74. The third-order valence-electron chi connectivity index (χ3n) is 4.83. The van der Waals surface area contributed by atoms with Crippen molar-refractivity contribution in [1.82, 2.24) is 25.9 Å². The lowest BCUT2D eigenvalue weighted by Gasteiger charge is -2.24. The molecule has 0 bridgehead atoms. The number of H-pyrrole nitrogens is 1. The maximum atomic E-state index is 12.6. The van der Waals surface area contributed by atoms with E-state index in [1.54, 1.807) is 13.8 Å². The highest BCUT2D eigenvalue weighted by atomic mass is 16.4. The smallest absolute Gasteiger partial charge is 0.326 e. The number of rotatable bonds is 14. The highest BCUT2D eigenvalue weighted by Gasteiger charge is 2.30. The molecular weight excluding hydrogens is 424 g/mol. The molecule has 4 unspecified atom stereocenters. The lowest BCUT2D eigenvalue weighted by atomic mass is 9.98. The molecule has 178 valence electrons. The molecule has 1 aromatic heterocycles. The van der Waals surface area contributed by atoms with Crippen LogP contribution in [0.3, 0.4) is 0 Å². The van der Waals surface area contributed by atoms with Gasteiger partial charge in [-0.3, -0.25) is 19.2 Å². The Balaban J connectivity index is 2.68. The quantitative estimate of drug-likeness (QED) is 0.171. The van der Waals surface area contributed by atoms with Crippen molar-refractivity contribution in [3.8, 4) is 0 Å². The first kappa shape index (κ1) is 26.6. The average molecular weight is 454 g/mol. The van der Waals surface area contributed by atoms with Gasteiger partial charge in [-0.25, -0.2) is 9.78 Å². The Kier molecular flexibility index (Phi) is 10.8. The van der Waals surface area contributed by atoms with Crippen molar-refractivity contribution in [3.05, 3.63) is 18.2 Å². The van der Waals surface area contributed by atoms with Crippen LogP contribution in [-0.2, 0) is 30.4 Å². The first-order valence-corrected chi connectivity index (χ1v) is 10.1. The zero-order valence-electron chi connectivity index (χ0n) is 18.0. The molecule has 32 heavy (non-hydrogen) atoms. The Labute approximate surface area is 184 Å². The van der Waals surface area contributed by atoms with Crippen molar-refractivity contribution in [3.63, 3.8) is 0 Å². The number of carbonyl (C=O) groups is 5. The van der Waals surface area contributed by atoms with E-state index in [2.05, 4.69) is 25.9 Å². The van der Waals surface area contributed by atoms with E-state index in [1.165, 1.54) is 12.5 Å². The molecule has 0 aliphatic rings. The maximum Gasteiger partial charge on any atom is 0.326 e. The van der Waals surface area contributed by atoms with Crippen LogP contribution in [-0.4, -0.2) is 74.5 Å². The minimum Gasteiger partial charge on any atom is -0.481 e. The molecular formula is C19H30N6O7. The van der Waals surface area contributed by atoms with Gasteiger partial charge >= 0.3 is 11.9 Å². The zero-order valence-corrected chi connectivity index (χ0v) is 18.0. The molecule has 8 N–H and O–H groups in total. The van der Waals surface area contributed by atoms with Crippen molar-refractivity contribution >= 4 is 29.7 Å². The first-order valence-electron chi connectivity index (χ1n) is 10.1. The largest absolute Gasteiger partial charge is 0.481 e. The first-order chi connectivity index (χ1) is 15.0. The van der Waals surface area contributed by atoms with E-state index >= 15 is 0 Å². The summed E-state index contributed by atoms with van der Waals surface area (Å²) in [6, 6.07) is -3.43. The normalized spacial score (nSPS) is 14.5. The van der Waals surface area contributed by atoms with Gasteiger partial charge in [0.05, 0.1) is 18.9 Å². The number of aromatic nitrogens is 2. The van der Waals surface area contributed by atoms with Gasteiger partial charge in [0.2, 0.25) is 17.7 Å². The van der Waals surface area contributed by atoms with Gasteiger partial charge in [-0.1, -0.05) is 20.3 Å². The lowest BCUT2D eigenvalue weighted by Crippen LogP contribution is -2.55. The molecule has 0 saturated carbocycles. The molecule has 1 rings (SSSR count). The van der Waals surface area contributed by atoms with E-state index in [-0.39, 0.29) is 18.8 Å². The Morgan fingerprint density at radius 2 is 1.84 bits per heavy atom. The summed E-state index contributed by atoms with van der Waals surface area (Å²) in [7, 11) is 0. The highest BCUT2D eigenvalue weighted by Crippen LogP contribution is 2.09. The van der Waals surface area contributed by atoms with Gasteiger partial charge < -0.3 is 36.9 Å². The minimum atomic E-state index is -1.29. The van der Waals surface area contributed by atoms with Gasteiger partial charge in [0.15, 0.2) is 0 Å². The van der Waals surface area contributed by atoms with Crippen molar-refractivity contribution in [2.75, 3.05) is 6.54 Å². The molecule has 13 nitrogen and oxygen atoms in total. The van der Waals surface area contributed by atoms with Crippen LogP contribution in [0.2, 0.25) is 0 Å². The molecule has 1 heterocycles. The molecule has 0 saturated heterocycles. The van der Waals surface area contributed by atoms with Gasteiger partial charge in [-0.2, -0.15) is 0 Å². The second-order valence-electron chi connectivity index (χ2n) is 7.37. The SMILES string of the molecule is CCC(C)C(NC(=O)C(CCC(=O)O)NC(=O)CNC(=O)C(N)Cc1cnc[nH]1)C(=O)O. The fourth-order valence-corrected chi connectivity index (χ4v) is 2.74. The monoisotopic (exact) mass is 454 g/mol. The summed E-state index contributed by atoms with van der Waals surface area (Å²) in [5.41, 5.74) is 6.41. The van der Waals surface area contributed by atoms with Crippen LogP contribution in [0.25, 0.3) is 0 Å². The standard InChI is InChI=1S/C19H30N6O7/c1-3-10(2)16(19(31)32)25-18(30)13(4-5-15(27)28)24-14(26)8-22-17(29)12(20)6-11-7-21-9-23-11/h7,9-10,12-13,16H,3-6,8,20H2,1-2H3,(H,21,23)(H,22,29)(H,24,26)(H,25,30)(H,27,28)(H,31,32). The van der Waals surface area contributed by atoms with Crippen LogP contribution >= 0.6 is 0 Å². The van der Waals surface area contributed by atoms with Gasteiger partial charge in [-0.15, -0.1) is 0 Å². The van der Waals surface area contributed by atoms with Crippen LogP contribution in [0.5, 0.6) is 0 Å². The predicted octanol–water partition coefficient (Wildman–Crippen LogP) is -1.64. The summed E-state index contributed by atoms with van der Waals surface area (Å²) >= 11 is 0. The number of nitrogens with two attached hydrogens (primary N) is 1. The van der Waals surface area contributed by atoms with E-state index in [0.717, 1.165) is 0 Å². The average Bonchev–Trinajstić information content (AvgIpc) is 3.24. The van der Waals surface area contributed by atoms with Crippen molar-refractivity contribution in [2.45, 2.75) is 57.7 Å². The number of carboxylic acids is 2. The van der Waals surface area contributed by atoms with E-state index in [9.17, 15) is 29.1 Å². The third-order valence-corrected chi connectivity index (χ3v) is 4.83. The Morgan fingerprint density at radius 1 is 1.16 bits per heavy atom. The number of amides is 3. The number of hydrogen-bond acceptors (Lipinski definition) is 7. The molecule has 13 heteroatoms. The van der Waals surface area contributed by atoms with Gasteiger partial charge in [0.25, 0.3) is 0 Å². The van der Waals surface area contributed by atoms with Crippen LogP contribution < -0.4 is 21.7 Å². The van der Waals surface area contributed by atoms with E-state index in [1.807, 2.05) is 0 Å². The van der Waals surface area contributed by atoms with Crippen LogP contribution in [0.15, 0.2) is 12.5 Å². The van der Waals surface area contributed by atoms with E-state index in [0.29, 0.717) is 12.1 Å². The van der Waals surface area contributed by atoms with Crippen LogP contribution in [0.1, 0.15) is 38.8 Å². The fraction of sp³-hybridized carbons (Fsp3) is 0.579. The minimum absolute atomic E-state index is 0.170. The van der Waals surface area contributed by atoms with Crippen molar-refractivity contribution < 1.29 is 34.2 Å². The van der Waals surface area contributed by atoms with Crippen LogP contribution in [0.4, 0.5) is 0 Å². The summed E-state index contributed by atoms with van der Waals surface area (Å²) < 4.78 is 0. The number of hydrogen-bond donors (Lipinski definition) is 7. The number of imidazole rings is 1. The topological polar surface area (TPSA) is 217 Å². The summed E-state index contributed by atoms with van der Waals surface area (Å²) in [5, 5.41) is 25.2. The Morgan fingerprint density at radius 3 is 2.38 bits per heavy atom. The van der Waals surface area contributed by atoms with Crippen molar-refractivity contribution in [2.24, 2.45) is 11.7 Å². The second-order valence-corrected chi connectivity index (χ2v) is 7.37. The Bertz CT molecular complexity index is 798.